The second-order valence-corrected chi connectivity index (χ2v) is 6.29. The molecular formula is C18H15BrN4O3. The lowest BCUT2D eigenvalue weighted by Crippen LogP contribution is -2.26. The predicted molar refractivity (Wildman–Crippen MR) is 102 cm³/mol. The van der Waals surface area contributed by atoms with Crippen molar-refractivity contribution in [2.45, 2.75) is 13.5 Å². The van der Waals surface area contributed by atoms with Crippen LogP contribution in [0.4, 0.5) is 5.69 Å². The smallest absolute Gasteiger partial charge is 0.276 e. The Morgan fingerprint density at radius 2 is 1.85 bits per heavy atom. The number of nitrogens with one attached hydrogen (secondary N) is 1. The maximum Gasteiger partial charge on any atom is 0.276 e. The van der Waals surface area contributed by atoms with Crippen molar-refractivity contribution in [2.75, 3.05) is 5.32 Å². The van der Waals surface area contributed by atoms with E-state index in [1.54, 1.807) is 41.2 Å². The SMILES string of the molecule is CCn1cc(Br)c(=O)c(NC(=O)c2ccc(=O)n(-c3ccccc3)n2)c1. The lowest BCUT2D eigenvalue weighted by molar-refractivity contribution is 0.102. The second-order valence-electron chi connectivity index (χ2n) is 5.44. The van der Waals surface area contributed by atoms with E-state index in [1.165, 1.54) is 12.1 Å². The summed E-state index contributed by atoms with van der Waals surface area (Å²) < 4.78 is 3.25. The predicted octanol–water partition coefficient (Wildman–Crippen LogP) is 2.43. The zero-order chi connectivity index (χ0) is 18.7. The molecule has 0 aliphatic heterocycles. The number of halogens is 1. The molecule has 0 spiro atoms. The van der Waals surface area contributed by atoms with Crippen LogP contribution in [0.5, 0.6) is 0 Å². The van der Waals surface area contributed by atoms with Gasteiger partial charge in [-0.2, -0.15) is 9.78 Å². The van der Waals surface area contributed by atoms with Crippen molar-refractivity contribution < 1.29 is 4.79 Å². The standard InChI is InChI=1S/C18H15BrN4O3/c1-2-22-10-13(19)17(25)15(11-22)20-18(26)14-8-9-16(24)23(21-14)12-6-4-3-5-7-12/h3-11H,2H2,1H3,(H,20,26). The molecule has 0 aliphatic rings. The van der Waals surface area contributed by atoms with E-state index < -0.39 is 5.91 Å². The minimum atomic E-state index is -0.576. The van der Waals surface area contributed by atoms with Gasteiger partial charge in [0.05, 0.1) is 10.2 Å². The maximum atomic E-state index is 12.5. The Balaban J connectivity index is 1.96. The first-order chi connectivity index (χ1) is 12.5. The summed E-state index contributed by atoms with van der Waals surface area (Å²) >= 11 is 3.19. The van der Waals surface area contributed by atoms with Gasteiger partial charge < -0.3 is 9.88 Å². The van der Waals surface area contributed by atoms with Gasteiger partial charge >= 0.3 is 0 Å². The number of aromatic nitrogens is 3. The van der Waals surface area contributed by atoms with Crippen molar-refractivity contribution in [3.63, 3.8) is 0 Å². The third-order valence-corrected chi connectivity index (χ3v) is 4.25. The van der Waals surface area contributed by atoms with E-state index in [0.29, 0.717) is 16.7 Å². The Morgan fingerprint density at radius 3 is 2.54 bits per heavy atom. The quantitative estimate of drug-likeness (QED) is 0.709. The molecule has 2 aromatic heterocycles. The normalized spacial score (nSPS) is 10.5. The molecule has 132 valence electrons. The van der Waals surface area contributed by atoms with E-state index in [9.17, 15) is 14.4 Å². The average Bonchev–Trinajstić information content (AvgIpc) is 2.66. The van der Waals surface area contributed by atoms with Crippen molar-refractivity contribution in [3.05, 3.63) is 85.6 Å². The third kappa shape index (κ3) is 3.65. The number of carbonyl (C=O) groups excluding carboxylic acids is 1. The first-order valence-electron chi connectivity index (χ1n) is 7.86. The van der Waals surface area contributed by atoms with Crippen LogP contribution in [0.15, 0.2) is 68.9 Å². The Kier molecular flexibility index (Phi) is 5.13. The summed E-state index contributed by atoms with van der Waals surface area (Å²) in [5.41, 5.74) is 0.00674. The van der Waals surface area contributed by atoms with Gasteiger partial charge in [0.15, 0.2) is 0 Å². The number of rotatable bonds is 4. The number of benzene rings is 1. The molecule has 0 saturated carbocycles. The molecule has 2 heterocycles. The van der Waals surface area contributed by atoms with E-state index in [-0.39, 0.29) is 22.4 Å². The number of pyridine rings is 1. The summed E-state index contributed by atoms with van der Waals surface area (Å²) in [5, 5.41) is 6.66. The molecule has 7 nitrogen and oxygen atoms in total. The summed E-state index contributed by atoms with van der Waals surface area (Å²) in [4.78, 5) is 36.8. The number of hydrogen-bond donors (Lipinski definition) is 1. The molecule has 1 aromatic carbocycles. The molecule has 0 unspecified atom stereocenters. The highest BCUT2D eigenvalue weighted by Crippen LogP contribution is 2.10. The second kappa shape index (κ2) is 7.49. The molecule has 0 saturated heterocycles. The van der Waals surface area contributed by atoms with E-state index in [1.807, 2.05) is 13.0 Å². The van der Waals surface area contributed by atoms with Gasteiger partial charge in [0.1, 0.15) is 11.4 Å². The minimum absolute atomic E-state index is 0.0240. The molecule has 26 heavy (non-hydrogen) atoms. The highest BCUT2D eigenvalue weighted by Gasteiger charge is 2.14. The monoisotopic (exact) mass is 414 g/mol. The Hall–Kier alpha value is -3.00. The van der Waals surface area contributed by atoms with Gasteiger partial charge in [-0.05, 0) is 41.1 Å². The van der Waals surface area contributed by atoms with Gasteiger partial charge in [0.2, 0.25) is 5.43 Å². The van der Waals surface area contributed by atoms with Crippen LogP contribution in [0.25, 0.3) is 5.69 Å². The number of aryl methyl sites for hydroxylation is 1. The highest BCUT2D eigenvalue weighted by atomic mass is 79.9. The zero-order valence-corrected chi connectivity index (χ0v) is 15.4. The first-order valence-corrected chi connectivity index (χ1v) is 8.65. The average molecular weight is 415 g/mol. The Bertz CT molecular complexity index is 1070. The molecular weight excluding hydrogens is 400 g/mol. The molecule has 0 aliphatic carbocycles. The van der Waals surface area contributed by atoms with E-state index in [2.05, 4.69) is 26.3 Å². The van der Waals surface area contributed by atoms with Crippen LogP contribution in [-0.2, 0) is 6.54 Å². The van der Waals surface area contributed by atoms with Gasteiger partial charge in [-0.15, -0.1) is 0 Å². The molecule has 3 rings (SSSR count). The first kappa shape index (κ1) is 17.8. The lowest BCUT2D eigenvalue weighted by Gasteiger charge is -2.10. The number of amides is 1. The molecule has 3 aromatic rings. The molecule has 0 bridgehead atoms. The number of para-hydroxylation sites is 1. The molecule has 1 N–H and O–H groups in total. The van der Waals surface area contributed by atoms with Crippen LogP contribution in [0.3, 0.4) is 0 Å². The fraction of sp³-hybridized carbons (Fsp3) is 0.111. The van der Waals surface area contributed by atoms with Crippen molar-refractivity contribution >= 4 is 27.5 Å². The minimum Gasteiger partial charge on any atom is -0.351 e. The van der Waals surface area contributed by atoms with Gasteiger partial charge in [-0.25, -0.2) is 0 Å². The lowest BCUT2D eigenvalue weighted by atomic mass is 10.3. The molecule has 8 heteroatoms. The van der Waals surface area contributed by atoms with Gasteiger partial charge in [0, 0.05) is 25.0 Å². The van der Waals surface area contributed by atoms with Crippen LogP contribution in [0.1, 0.15) is 17.4 Å². The third-order valence-electron chi connectivity index (χ3n) is 3.68. The van der Waals surface area contributed by atoms with Crippen LogP contribution in [-0.4, -0.2) is 20.3 Å². The summed E-state index contributed by atoms with van der Waals surface area (Å²) in [6.45, 7) is 2.55. The fourth-order valence-electron chi connectivity index (χ4n) is 2.34. The van der Waals surface area contributed by atoms with Crippen LogP contribution in [0, 0.1) is 0 Å². The topological polar surface area (TPSA) is 86.0 Å². The van der Waals surface area contributed by atoms with Gasteiger partial charge in [-0.1, -0.05) is 18.2 Å². The summed E-state index contributed by atoms with van der Waals surface area (Å²) in [6, 6.07) is 11.4. The van der Waals surface area contributed by atoms with Gasteiger partial charge in [-0.3, -0.25) is 14.4 Å². The summed E-state index contributed by atoms with van der Waals surface area (Å²) in [6.07, 6.45) is 3.20. The van der Waals surface area contributed by atoms with Crippen molar-refractivity contribution in [1.82, 2.24) is 14.3 Å². The van der Waals surface area contributed by atoms with Crippen molar-refractivity contribution in [2.24, 2.45) is 0 Å². The Labute approximate surface area is 157 Å². The molecule has 0 atom stereocenters. The van der Waals surface area contributed by atoms with E-state index in [4.69, 9.17) is 0 Å². The number of carbonyl (C=O) groups is 1. The summed E-state index contributed by atoms with van der Waals surface area (Å²) in [7, 11) is 0. The summed E-state index contributed by atoms with van der Waals surface area (Å²) in [5.74, 6) is -0.576. The number of nitrogens with zero attached hydrogens (tertiary/aromatic N) is 3. The van der Waals surface area contributed by atoms with Crippen LogP contribution < -0.4 is 16.3 Å². The number of anilines is 1. The number of hydrogen-bond acceptors (Lipinski definition) is 4. The molecule has 0 fully saturated rings. The highest BCUT2D eigenvalue weighted by molar-refractivity contribution is 9.10. The molecule has 0 radical (unpaired) electrons. The largest absolute Gasteiger partial charge is 0.351 e. The van der Waals surface area contributed by atoms with E-state index >= 15 is 0 Å². The zero-order valence-electron chi connectivity index (χ0n) is 13.8. The van der Waals surface area contributed by atoms with Gasteiger partial charge in [0.25, 0.3) is 11.5 Å². The fourth-order valence-corrected chi connectivity index (χ4v) is 2.82. The van der Waals surface area contributed by atoms with Crippen molar-refractivity contribution in [3.8, 4) is 5.69 Å². The van der Waals surface area contributed by atoms with Crippen LogP contribution in [0.2, 0.25) is 0 Å². The van der Waals surface area contributed by atoms with Crippen LogP contribution >= 0.6 is 15.9 Å². The van der Waals surface area contributed by atoms with E-state index in [0.717, 1.165) is 4.68 Å². The molecule has 1 amide bonds. The Morgan fingerprint density at radius 1 is 1.12 bits per heavy atom. The maximum absolute atomic E-state index is 12.5. The van der Waals surface area contributed by atoms with Crippen molar-refractivity contribution in [1.29, 1.82) is 0 Å².